The number of carbonyl (C=O) groups excluding carboxylic acids is 2. The molecule has 0 saturated carbocycles. The van der Waals surface area contributed by atoms with Crippen LogP contribution in [0.5, 0.6) is 5.75 Å². The molecule has 1 heterocycles. The molecule has 1 aliphatic heterocycles. The van der Waals surface area contributed by atoms with E-state index in [0.717, 1.165) is 5.56 Å². The van der Waals surface area contributed by atoms with Gasteiger partial charge in [-0.25, -0.2) is 0 Å². The Labute approximate surface area is 226 Å². The standard InChI is InChI=1S/C29H27Cl2NO5/c1-18-15-21(37-17-19-7-4-3-5-8-19)10-11-22(18)27(33)25-26(20-9-12-23(30)24(31)16-20)32(13-6-14-36-2)29(35)28(25)34/h3-5,7-12,15-16,26,33H,6,13-14,17H2,1-2H3. The molecule has 37 heavy (non-hydrogen) atoms. The summed E-state index contributed by atoms with van der Waals surface area (Å²) in [5.41, 5.74) is 2.74. The maximum absolute atomic E-state index is 13.2. The third kappa shape index (κ3) is 5.82. The number of nitrogens with zero attached hydrogens (tertiary/aromatic N) is 1. The number of rotatable bonds is 9. The van der Waals surface area contributed by atoms with Crippen LogP contribution in [0, 0.1) is 6.92 Å². The molecule has 1 unspecified atom stereocenters. The number of Topliss-reactive ketones (excluding diaryl/α,β-unsaturated/α-hetero) is 1. The first kappa shape index (κ1) is 26.7. The minimum atomic E-state index is -0.819. The Morgan fingerprint density at radius 3 is 2.43 bits per heavy atom. The van der Waals surface area contributed by atoms with E-state index in [1.807, 2.05) is 37.3 Å². The second kappa shape index (κ2) is 11.8. The van der Waals surface area contributed by atoms with E-state index in [-0.39, 0.29) is 22.9 Å². The number of ketones is 1. The molecule has 6 nitrogen and oxygen atoms in total. The van der Waals surface area contributed by atoms with Gasteiger partial charge >= 0.3 is 0 Å². The van der Waals surface area contributed by atoms with E-state index in [0.29, 0.717) is 47.1 Å². The maximum Gasteiger partial charge on any atom is 0.295 e. The highest BCUT2D eigenvalue weighted by molar-refractivity contribution is 6.47. The molecular formula is C29H27Cl2NO5. The van der Waals surface area contributed by atoms with Gasteiger partial charge in [-0.05, 0) is 60.4 Å². The Hall–Kier alpha value is -3.32. The molecule has 1 amide bonds. The predicted octanol–water partition coefficient (Wildman–Crippen LogP) is 6.34. The van der Waals surface area contributed by atoms with Gasteiger partial charge in [-0.3, -0.25) is 9.59 Å². The molecule has 4 rings (SSSR count). The van der Waals surface area contributed by atoms with Gasteiger partial charge < -0.3 is 19.5 Å². The number of methoxy groups -OCH3 is 1. The number of halogens is 2. The molecule has 1 saturated heterocycles. The van der Waals surface area contributed by atoms with Gasteiger partial charge in [-0.15, -0.1) is 0 Å². The lowest BCUT2D eigenvalue weighted by Gasteiger charge is -2.25. The van der Waals surface area contributed by atoms with Crippen LogP contribution in [0.15, 0.2) is 72.3 Å². The predicted molar refractivity (Wildman–Crippen MR) is 144 cm³/mol. The van der Waals surface area contributed by atoms with Gasteiger partial charge in [0.25, 0.3) is 11.7 Å². The summed E-state index contributed by atoms with van der Waals surface area (Å²) in [5, 5.41) is 12.0. The summed E-state index contributed by atoms with van der Waals surface area (Å²) in [6.45, 7) is 2.90. The number of likely N-dealkylation sites (tertiary alicyclic amines) is 1. The molecule has 1 atom stereocenters. The van der Waals surface area contributed by atoms with Gasteiger partial charge in [0.05, 0.1) is 21.7 Å². The number of hydrogen-bond donors (Lipinski definition) is 1. The highest BCUT2D eigenvalue weighted by Crippen LogP contribution is 2.41. The maximum atomic E-state index is 13.2. The Balaban J connectivity index is 1.71. The first-order chi connectivity index (χ1) is 17.8. The highest BCUT2D eigenvalue weighted by atomic mass is 35.5. The molecule has 0 aliphatic carbocycles. The average molecular weight is 540 g/mol. The second-order valence-electron chi connectivity index (χ2n) is 8.76. The van der Waals surface area contributed by atoms with Crippen molar-refractivity contribution < 1.29 is 24.2 Å². The fourth-order valence-electron chi connectivity index (χ4n) is 4.40. The summed E-state index contributed by atoms with van der Waals surface area (Å²) in [4.78, 5) is 27.7. The zero-order valence-corrected chi connectivity index (χ0v) is 22.1. The minimum absolute atomic E-state index is 0.00172. The molecule has 3 aromatic rings. The quantitative estimate of drug-likeness (QED) is 0.148. The van der Waals surface area contributed by atoms with Crippen LogP contribution in [0.1, 0.15) is 34.7 Å². The van der Waals surface area contributed by atoms with Crippen molar-refractivity contribution in [3.63, 3.8) is 0 Å². The Kier molecular flexibility index (Phi) is 8.54. The molecule has 0 aromatic heterocycles. The summed E-state index contributed by atoms with van der Waals surface area (Å²) >= 11 is 12.4. The van der Waals surface area contributed by atoms with Gasteiger partial charge in [0, 0.05) is 25.8 Å². The van der Waals surface area contributed by atoms with E-state index in [1.54, 1.807) is 43.5 Å². The summed E-state index contributed by atoms with van der Waals surface area (Å²) < 4.78 is 11.0. The normalized spacial score (nSPS) is 16.9. The SMILES string of the molecule is COCCCN1C(=O)C(=O)C(=C(O)c2ccc(OCc3ccccc3)cc2C)C1c1ccc(Cl)c(Cl)c1. The van der Waals surface area contributed by atoms with Gasteiger partial charge in [0.1, 0.15) is 18.1 Å². The molecule has 1 fully saturated rings. The van der Waals surface area contributed by atoms with Crippen LogP contribution < -0.4 is 4.74 Å². The van der Waals surface area contributed by atoms with Crippen LogP contribution in [0.3, 0.4) is 0 Å². The Bertz CT molecular complexity index is 1340. The van der Waals surface area contributed by atoms with E-state index in [4.69, 9.17) is 32.7 Å². The van der Waals surface area contributed by atoms with E-state index < -0.39 is 17.7 Å². The van der Waals surface area contributed by atoms with Crippen molar-refractivity contribution in [1.29, 1.82) is 0 Å². The van der Waals surface area contributed by atoms with E-state index in [1.165, 1.54) is 4.90 Å². The largest absolute Gasteiger partial charge is 0.507 e. The number of hydrogen-bond acceptors (Lipinski definition) is 5. The summed E-state index contributed by atoms with van der Waals surface area (Å²) in [5.74, 6) is -1.07. The van der Waals surface area contributed by atoms with E-state index in [2.05, 4.69) is 0 Å². The van der Waals surface area contributed by atoms with Crippen LogP contribution in [-0.4, -0.2) is 42.0 Å². The molecule has 0 spiro atoms. The van der Waals surface area contributed by atoms with Crippen molar-refractivity contribution in [1.82, 2.24) is 4.90 Å². The topological polar surface area (TPSA) is 76.1 Å². The molecular weight excluding hydrogens is 513 g/mol. The fraction of sp³-hybridized carbons (Fsp3) is 0.241. The van der Waals surface area contributed by atoms with Crippen molar-refractivity contribution in [2.75, 3.05) is 20.3 Å². The number of aliphatic hydroxyl groups is 1. The summed E-state index contributed by atoms with van der Waals surface area (Å²) in [6.07, 6.45) is 0.522. The molecule has 8 heteroatoms. The van der Waals surface area contributed by atoms with Crippen LogP contribution in [0.25, 0.3) is 5.76 Å². The first-order valence-corrected chi connectivity index (χ1v) is 12.6. The second-order valence-corrected chi connectivity index (χ2v) is 9.58. The zero-order chi connectivity index (χ0) is 26.5. The molecule has 1 N–H and O–H groups in total. The summed E-state index contributed by atoms with van der Waals surface area (Å²) in [7, 11) is 1.57. The van der Waals surface area contributed by atoms with Crippen LogP contribution in [0.2, 0.25) is 10.0 Å². The van der Waals surface area contributed by atoms with Crippen LogP contribution >= 0.6 is 23.2 Å². The van der Waals surface area contributed by atoms with Crippen molar-refractivity contribution >= 4 is 40.7 Å². The van der Waals surface area contributed by atoms with E-state index in [9.17, 15) is 14.7 Å². The van der Waals surface area contributed by atoms with Crippen LogP contribution in [0.4, 0.5) is 0 Å². The van der Waals surface area contributed by atoms with Crippen molar-refractivity contribution in [2.24, 2.45) is 0 Å². The lowest BCUT2D eigenvalue weighted by Crippen LogP contribution is -2.31. The molecule has 3 aromatic carbocycles. The molecule has 0 radical (unpaired) electrons. The first-order valence-electron chi connectivity index (χ1n) is 11.8. The van der Waals surface area contributed by atoms with Gasteiger partial charge in [0.15, 0.2) is 0 Å². The molecule has 1 aliphatic rings. The van der Waals surface area contributed by atoms with Gasteiger partial charge in [-0.1, -0.05) is 59.6 Å². The number of carbonyl (C=O) groups is 2. The third-order valence-corrected chi connectivity index (χ3v) is 6.99. The fourth-order valence-corrected chi connectivity index (χ4v) is 4.70. The van der Waals surface area contributed by atoms with Crippen LogP contribution in [-0.2, 0) is 20.9 Å². The average Bonchev–Trinajstić information content (AvgIpc) is 3.14. The number of ether oxygens (including phenoxy) is 2. The third-order valence-electron chi connectivity index (χ3n) is 6.25. The van der Waals surface area contributed by atoms with Crippen molar-refractivity contribution in [3.8, 4) is 5.75 Å². The lowest BCUT2D eigenvalue weighted by atomic mass is 9.94. The molecule has 0 bridgehead atoms. The Morgan fingerprint density at radius 2 is 1.76 bits per heavy atom. The number of aryl methyl sites for hydroxylation is 1. The summed E-state index contributed by atoms with van der Waals surface area (Å²) in [6, 6.07) is 19.1. The number of amides is 1. The van der Waals surface area contributed by atoms with Gasteiger partial charge in [-0.2, -0.15) is 0 Å². The molecule has 192 valence electrons. The van der Waals surface area contributed by atoms with Gasteiger partial charge in [0.2, 0.25) is 0 Å². The minimum Gasteiger partial charge on any atom is -0.507 e. The van der Waals surface area contributed by atoms with Crippen molar-refractivity contribution in [3.05, 3.63) is 105 Å². The Morgan fingerprint density at radius 1 is 1.00 bits per heavy atom. The zero-order valence-electron chi connectivity index (χ0n) is 20.5. The highest BCUT2D eigenvalue weighted by Gasteiger charge is 2.46. The smallest absolute Gasteiger partial charge is 0.295 e. The van der Waals surface area contributed by atoms with Crippen molar-refractivity contribution in [2.45, 2.75) is 26.0 Å². The monoisotopic (exact) mass is 539 g/mol. The number of benzene rings is 3. The van der Waals surface area contributed by atoms with E-state index >= 15 is 0 Å². The number of aliphatic hydroxyl groups excluding tert-OH is 1. The lowest BCUT2D eigenvalue weighted by molar-refractivity contribution is -0.140.